The third kappa shape index (κ3) is 3.84. The Morgan fingerprint density at radius 1 is 1.31 bits per heavy atom. The Hall–Kier alpha value is -2.50. The van der Waals surface area contributed by atoms with E-state index in [1.54, 1.807) is 6.20 Å². The number of likely N-dealkylation sites (tertiary alicyclic amines) is 1. The van der Waals surface area contributed by atoms with Crippen LogP contribution in [0.4, 0.5) is 5.82 Å². The Balaban J connectivity index is 1.64. The van der Waals surface area contributed by atoms with Crippen LogP contribution in [0.25, 0.3) is 11.3 Å². The van der Waals surface area contributed by atoms with Gasteiger partial charge >= 0.3 is 0 Å². The minimum Gasteiger partial charge on any atom is -0.367 e. The zero-order valence-electron chi connectivity index (χ0n) is 15.2. The van der Waals surface area contributed by atoms with Crippen molar-refractivity contribution >= 4 is 11.7 Å². The molecule has 1 aliphatic heterocycles. The van der Waals surface area contributed by atoms with Gasteiger partial charge < -0.3 is 10.2 Å². The fourth-order valence-corrected chi connectivity index (χ4v) is 3.46. The fourth-order valence-electron chi connectivity index (χ4n) is 3.46. The molecule has 6 heteroatoms. The minimum absolute atomic E-state index is 0.190. The average Bonchev–Trinajstić information content (AvgIpc) is 3.52. The van der Waals surface area contributed by atoms with Gasteiger partial charge in [0.25, 0.3) is 0 Å². The molecule has 2 fully saturated rings. The Bertz CT molecular complexity index is 775. The van der Waals surface area contributed by atoms with E-state index in [1.807, 2.05) is 36.2 Å². The first-order valence-corrected chi connectivity index (χ1v) is 9.56. The highest BCUT2D eigenvalue weighted by Crippen LogP contribution is 2.30. The Morgan fingerprint density at radius 2 is 2.19 bits per heavy atom. The molecule has 0 aromatic carbocycles. The van der Waals surface area contributed by atoms with Gasteiger partial charge in [0.05, 0.1) is 5.69 Å². The molecule has 136 valence electrons. The number of aromatic nitrogens is 3. The van der Waals surface area contributed by atoms with Crippen LogP contribution in [-0.2, 0) is 4.79 Å². The maximum Gasteiger partial charge on any atom is 0.222 e. The molecule has 2 aliphatic rings. The summed E-state index contributed by atoms with van der Waals surface area (Å²) in [6, 6.07) is 6.49. The Kier molecular flexibility index (Phi) is 4.82. The quantitative estimate of drug-likeness (QED) is 0.895. The SMILES string of the molecule is CCC(=O)N1CCCC(c2nc(NC3CC3)cc(-c3cccnc3)n2)C1. The van der Waals surface area contributed by atoms with Crippen LogP contribution in [0.5, 0.6) is 0 Å². The number of nitrogens with zero attached hydrogens (tertiary/aromatic N) is 4. The van der Waals surface area contributed by atoms with Crippen molar-refractivity contribution in [3.63, 3.8) is 0 Å². The van der Waals surface area contributed by atoms with Crippen molar-refractivity contribution in [3.8, 4) is 11.3 Å². The third-order valence-corrected chi connectivity index (χ3v) is 5.07. The van der Waals surface area contributed by atoms with Crippen LogP contribution in [0.15, 0.2) is 30.6 Å². The molecule has 0 spiro atoms. The van der Waals surface area contributed by atoms with Gasteiger partial charge in [-0.25, -0.2) is 9.97 Å². The Labute approximate surface area is 154 Å². The van der Waals surface area contributed by atoms with E-state index < -0.39 is 0 Å². The standard InChI is InChI=1S/C20H25N5O/c1-2-19(26)25-10-4-6-15(13-25)20-23-17(14-5-3-9-21-12-14)11-18(24-20)22-16-7-8-16/h3,5,9,11-12,15-16H,2,4,6-8,10,13H2,1H3,(H,22,23,24). The number of carbonyl (C=O) groups is 1. The van der Waals surface area contributed by atoms with Crippen molar-refractivity contribution in [3.05, 3.63) is 36.4 Å². The van der Waals surface area contributed by atoms with Gasteiger partial charge in [0.1, 0.15) is 11.6 Å². The van der Waals surface area contributed by atoms with Crippen molar-refractivity contribution in [2.45, 2.75) is 51.0 Å². The average molecular weight is 351 g/mol. The Morgan fingerprint density at radius 3 is 2.92 bits per heavy atom. The zero-order chi connectivity index (χ0) is 17.9. The molecule has 1 unspecified atom stereocenters. The molecule has 1 aliphatic carbocycles. The minimum atomic E-state index is 0.190. The van der Waals surface area contributed by atoms with Crippen LogP contribution in [-0.4, -0.2) is 44.9 Å². The summed E-state index contributed by atoms with van der Waals surface area (Å²) in [6.45, 7) is 3.48. The smallest absolute Gasteiger partial charge is 0.222 e. The van der Waals surface area contributed by atoms with Gasteiger partial charge in [-0.05, 0) is 37.8 Å². The van der Waals surface area contributed by atoms with Gasteiger partial charge in [0.2, 0.25) is 5.91 Å². The summed E-state index contributed by atoms with van der Waals surface area (Å²) in [5, 5.41) is 3.50. The monoisotopic (exact) mass is 351 g/mol. The molecule has 4 rings (SSSR count). The van der Waals surface area contributed by atoms with E-state index in [0.29, 0.717) is 19.0 Å². The predicted octanol–water partition coefficient (Wildman–Crippen LogP) is 3.23. The first-order valence-electron chi connectivity index (χ1n) is 9.56. The molecule has 26 heavy (non-hydrogen) atoms. The number of hydrogen-bond acceptors (Lipinski definition) is 5. The first-order chi connectivity index (χ1) is 12.7. The van der Waals surface area contributed by atoms with Crippen LogP contribution >= 0.6 is 0 Å². The number of anilines is 1. The van der Waals surface area contributed by atoms with Crippen LogP contribution in [0.2, 0.25) is 0 Å². The first kappa shape index (κ1) is 16.9. The highest BCUT2D eigenvalue weighted by molar-refractivity contribution is 5.76. The molecular weight excluding hydrogens is 326 g/mol. The molecule has 1 saturated carbocycles. The van der Waals surface area contributed by atoms with E-state index in [9.17, 15) is 4.79 Å². The normalized spacial score (nSPS) is 20.0. The van der Waals surface area contributed by atoms with Crippen LogP contribution in [0.3, 0.4) is 0 Å². The summed E-state index contributed by atoms with van der Waals surface area (Å²) in [5.74, 6) is 2.13. The van der Waals surface area contributed by atoms with Gasteiger partial charge in [0, 0.05) is 55.5 Å². The number of amides is 1. The lowest BCUT2D eigenvalue weighted by molar-refractivity contribution is -0.132. The topological polar surface area (TPSA) is 71.0 Å². The van der Waals surface area contributed by atoms with Crippen LogP contribution in [0.1, 0.15) is 50.8 Å². The van der Waals surface area contributed by atoms with Crippen LogP contribution in [0, 0.1) is 0 Å². The molecule has 2 aromatic rings. The lowest BCUT2D eigenvalue weighted by Crippen LogP contribution is -2.39. The number of rotatable bonds is 5. The summed E-state index contributed by atoms with van der Waals surface area (Å²) in [6.07, 6.45) is 8.57. The second-order valence-electron chi connectivity index (χ2n) is 7.19. The number of carbonyl (C=O) groups excluding carboxylic acids is 1. The number of hydrogen-bond donors (Lipinski definition) is 1. The maximum atomic E-state index is 12.1. The second-order valence-corrected chi connectivity index (χ2v) is 7.19. The van der Waals surface area contributed by atoms with E-state index in [0.717, 1.165) is 42.3 Å². The van der Waals surface area contributed by atoms with E-state index >= 15 is 0 Å². The molecule has 1 saturated heterocycles. The molecule has 1 atom stereocenters. The molecule has 3 heterocycles. The van der Waals surface area contributed by atoms with E-state index in [2.05, 4.69) is 10.3 Å². The lowest BCUT2D eigenvalue weighted by Gasteiger charge is -2.32. The van der Waals surface area contributed by atoms with E-state index in [4.69, 9.17) is 9.97 Å². The second kappa shape index (κ2) is 7.40. The third-order valence-electron chi connectivity index (χ3n) is 5.07. The van der Waals surface area contributed by atoms with Crippen molar-refractivity contribution in [1.29, 1.82) is 0 Å². The lowest BCUT2D eigenvalue weighted by atomic mass is 9.96. The molecule has 1 amide bonds. The maximum absolute atomic E-state index is 12.1. The number of piperidine rings is 1. The summed E-state index contributed by atoms with van der Waals surface area (Å²) in [7, 11) is 0. The largest absolute Gasteiger partial charge is 0.367 e. The summed E-state index contributed by atoms with van der Waals surface area (Å²) in [5.41, 5.74) is 1.89. The highest BCUT2D eigenvalue weighted by atomic mass is 16.2. The molecule has 1 N–H and O–H groups in total. The fraction of sp³-hybridized carbons (Fsp3) is 0.500. The van der Waals surface area contributed by atoms with Gasteiger partial charge in [-0.2, -0.15) is 0 Å². The highest BCUT2D eigenvalue weighted by Gasteiger charge is 2.27. The molecular formula is C20H25N5O. The van der Waals surface area contributed by atoms with E-state index in [-0.39, 0.29) is 11.8 Å². The molecule has 2 aromatic heterocycles. The molecule has 0 radical (unpaired) electrons. The van der Waals surface area contributed by atoms with Crippen molar-refractivity contribution in [2.24, 2.45) is 0 Å². The zero-order valence-corrected chi connectivity index (χ0v) is 15.2. The predicted molar refractivity (Wildman–Crippen MR) is 101 cm³/mol. The van der Waals surface area contributed by atoms with Crippen molar-refractivity contribution in [2.75, 3.05) is 18.4 Å². The summed E-state index contributed by atoms with van der Waals surface area (Å²) in [4.78, 5) is 27.9. The summed E-state index contributed by atoms with van der Waals surface area (Å²) < 4.78 is 0. The van der Waals surface area contributed by atoms with Gasteiger partial charge in [-0.15, -0.1) is 0 Å². The summed E-state index contributed by atoms with van der Waals surface area (Å²) >= 11 is 0. The number of nitrogens with one attached hydrogen (secondary N) is 1. The molecule has 6 nitrogen and oxygen atoms in total. The van der Waals surface area contributed by atoms with Crippen LogP contribution < -0.4 is 5.32 Å². The van der Waals surface area contributed by atoms with Gasteiger partial charge in [-0.1, -0.05) is 6.92 Å². The molecule has 0 bridgehead atoms. The van der Waals surface area contributed by atoms with Gasteiger partial charge in [0.15, 0.2) is 0 Å². The van der Waals surface area contributed by atoms with Crippen molar-refractivity contribution in [1.82, 2.24) is 19.9 Å². The van der Waals surface area contributed by atoms with Gasteiger partial charge in [-0.3, -0.25) is 9.78 Å². The number of pyridine rings is 1. The van der Waals surface area contributed by atoms with E-state index in [1.165, 1.54) is 12.8 Å². The van der Waals surface area contributed by atoms with Crippen molar-refractivity contribution < 1.29 is 4.79 Å².